The minimum atomic E-state index is -1.50. The number of nitrogens with zero attached hydrogens (tertiary/aromatic N) is 1. The molecule has 7 nitrogen and oxygen atoms in total. The van der Waals surface area contributed by atoms with Gasteiger partial charge < -0.3 is 19.4 Å². The van der Waals surface area contributed by atoms with Gasteiger partial charge in [0.05, 0.1) is 0 Å². The zero-order chi connectivity index (χ0) is 17.1. The van der Waals surface area contributed by atoms with Crippen LogP contribution >= 0.6 is 0 Å². The Hall–Kier alpha value is -2.48. The number of benzene rings is 2. The number of hydrogen-bond donors (Lipinski definition) is 1. The summed E-state index contributed by atoms with van der Waals surface area (Å²) >= 11 is 0. The van der Waals surface area contributed by atoms with Crippen molar-refractivity contribution in [3.63, 3.8) is 0 Å². The lowest BCUT2D eigenvalue weighted by Gasteiger charge is -2.23. The molecule has 0 spiro atoms. The van der Waals surface area contributed by atoms with E-state index in [-0.39, 0.29) is 0 Å². The van der Waals surface area contributed by atoms with E-state index >= 15 is 0 Å². The molecular weight excluding hydrogens is 302 g/mol. The molecule has 0 saturated carbocycles. The third-order valence-electron chi connectivity index (χ3n) is 2.82. The molecule has 23 heavy (non-hydrogen) atoms. The molecule has 124 valence electrons. The molecule has 0 amide bonds. The maximum absolute atomic E-state index is 8.36. The van der Waals surface area contributed by atoms with Crippen molar-refractivity contribution in [3.8, 4) is 0 Å². The van der Waals surface area contributed by atoms with Crippen molar-refractivity contribution in [1.29, 1.82) is 0 Å². The zero-order valence-corrected chi connectivity index (χ0v) is 12.9. The molecule has 0 heterocycles. The van der Waals surface area contributed by atoms with Gasteiger partial charge in [-0.3, -0.25) is 0 Å². The summed E-state index contributed by atoms with van der Waals surface area (Å²) < 4.78 is 16.7. The van der Waals surface area contributed by atoms with E-state index in [1.807, 2.05) is 60.7 Å². The summed E-state index contributed by atoms with van der Waals surface area (Å²) in [5.74, 6) is 0. The van der Waals surface area contributed by atoms with Crippen LogP contribution < -0.4 is 0 Å². The summed E-state index contributed by atoms with van der Waals surface area (Å²) in [6, 6.07) is 19.6. The summed E-state index contributed by atoms with van der Waals surface area (Å²) in [5, 5.41) is 13.6. The molecule has 2 atom stereocenters. The lowest BCUT2D eigenvalue weighted by molar-refractivity contribution is -0.742. The molecule has 0 radical (unpaired) electrons. The molecule has 2 unspecified atom stereocenters. The Balaban J connectivity index is 0.000000593. The van der Waals surface area contributed by atoms with Crippen LogP contribution in [0.2, 0.25) is 0 Å². The maximum Gasteiger partial charge on any atom is 0.291 e. The minimum Gasteiger partial charge on any atom is -0.352 e. The second kappa shape index (κ2) is 10.3. The van der Waals surface area contributed by atoms with Gasteiger partial charge in [0.2, 0.25) is 0 Å². The standard InChI is InChI=1S/C16H18O3.HNO3/c1-17-15(13-9-5-3-6-10-13)19-16(18-2)14-11-7-4-8-12-14;2-1(3)4/h3-12,15-16H,1-2H3;(H,2,3,4). The average molecular weight is 321 g/mol. The van der Waals surface area contributed by atoms with E-state index in [0.29, 0.717) is 0 Å². The molecule has 2 aromatic carbocycles. The van der Waals surface area contributed by atoms with E-state index in [0.717, 1.165) is 11.1 Å². The summed E-state index contributed by atoms with van der Waals surface area (Å²) in [5.41, 5.74) is 1.92. The Bertz CT molecular complexity index is 514. The van der Waals surface area contributed by atoms with Crippen LogP contribution in [0.25, 0.3) is 0 Å². The van der Waals surface area contributed by atoms with E-state index in [4.69, 9.17) is 29.5 Å². The first-order valence-corrected chi connectivity index (χ1v) is 6.72. The highest BCUT2D eigenvalue weighted by Gasteiger charge is 2.18. The average Bonchev–Trinajstić information content (AvgIpc) is 2.57. The van der Waals surface area contributed by atoms with Crippen LogP contribution in [0.3, 0.4) is 0 Å². The molecule has 7 heteroatoms. The van der Waals surface area contributed by atoms with Crippen molar-refractivity contribution in [2.45, 2.75) is 12.6 Å². The molecule has 2 rings (SSSR count). The fraction of sp³-hybridized carbons (Fsp3) is 0.250. The Morgan fingerprint density at radius 1 is 0.870 bits per heavy atom. The van der Waals surface area contributed by atoms with Gasteiger partial charge in [0.15, 0.2) is 12.6 Å². The van der Waals surface area contributed by atoms with E-state index in [1.165, 1.54) is 0 Å². The van der Waals surface area contributed by atoms with Crippen LogP contribution in [0.5, 0.6) is 0 Å². The summed E-state index contributed by atoms with van der Waals surface area (Å²) in [7, 11) is 3.24. The monoisotopic (exact) mass is 321 g/mol. The predicted octanol–water partition coefficient (Wildman–Crippen LogP) is 3.35. The molecule has 2 aromatic rings. The van der Waals surface area contributed by atoms with Gasteiger partial charge in [-0.2, -0.15) is 0 Å². The van der Waals surface area contributed by atoms with Crippen LogP contribution in [-0.2, 0) is 14.2 Å². The second-order valence-electron chi connectivity index (χ2n) is 4.33. The van der Waals surface area contributed by atoms with Crippen molar-refractivity contribution in [3.05, 3.63) is 81.9 Å². The van der Waals surface area contributed by atoms with E-state index in [2.05, 4.69) is 0 Å². The second-order valence-corrected chi connectivity index (χ2v) is 4.33. The summed E-state index contributed by atoms with van der Waals surface area (Å²) in [6.07, 6.45) is -0.905. The highest BCUT2D eigenvalue weighted by Crippen LogP contribution is 2.27. The van der Waals surface area contributed by atoms with Gasteiger partial charge in [-0.05, 0) is 0 Å². The van der Waals surface area contributed by atoms with Crippen LogP contribution in [-0.4, -0.2) is 24.5 Å². The first-order chi connectivity index (χ1) is 11.1. The van der Waals surface area contributed by atoms with Crippen molar-refractivity contribution in [2.24, 2.45) is 0 Å². The molecule has 0 aliphatic carbocycles. The molecule has 0 bridgehead atoms. The van der Waals surface area contributed by atoms with Crippen molar-refractivity contribution >= 4 is 0 Å². The van der Waals surface area contributed by atoms with Gasteiger partial charge in [-0.1, -0.05) is 60.7 Å². The fourth-order valence-corrected chi connectivity index (χ4v) is 1.87. The largest absolute Gasteiger partial charge is 0.352 e. The van der Waals surface area contributed by atoms with Crippen LogP contribution in [0.1, 0.15) is 23.7 Å². The third-order valence-corrected chi connectivity index (χ3v) is 2.82. The number of ether oxygens (including phenoxy) is 3. The van der Waals surface area contributed by atoms with Gasteiger partial charge in [-0.15, -0.1) is 10.1 Å². The molecule has 0 saturated heterocycles. The Labute approximate surface area is 134 Å². The molecular formula is C16H19NO6. The Kier molecular flexibility index (Phi) is 8.30. The van der Waals surface area contributed by atoms with Crippen molar-refractivity contribution in [1.82, 2.24) is 0 Å². The number of hydrogen-bond acceptors (Lipinski definition) is 5. The minimum absolute atomic E-state index is 0.452. The van der Waals surface area contributed by atoms with Gasteiger partial charge in [0.25, 0.3) is 5.09 Å². The topological polar surface area (TPSA) is 91.1 Å². The number of rotatable bonds is 6. The molecule has 0 aromatic heterocycles. The van der Waals surface area contributed by atoms with Crippen molar-refractivity contribution in [2.75, 3.05) is 14.2 Å². The quantitative estimate of drug-likeness (QED) is 0.498. The van der Waals surface area contributed by atoms with Gasteiger partial charge >= 0.3 is 0 Å². The highest BCUT2D eigenvalue weighted by molar-refractivity contribution is 5.18. The normalized spacial score (nSPS) is 12.6. The smallest absolute Gasteiger partial charge is 0.291 e. The van der Waals surface area contributed by atoms with Crippen LogP contribution in [0, 0.1) is 10.1 Å². The van der Waals surface area contributed by atoms with Gasteiger partial charge in [0, 0.05) is 25.3 Å². The highest BCUT2D eigenvalue weighted by atomic mass is 16.9. The van der Waals surface area contributed by atoms with E-state index in [9.17, 15) is 0 Å². The predicted molar refractivity (Wildman–Crippen MR) is 82.2 cm³/mol. The lowest BCUT2D eigenvalue weighted by Crippen LogP contribution is -2.13. The Morgan fingerprint density at radius 3 is 1.43 bits per heavy atom. The number of methoxy groups -OCH3 is 2. The summed E-state index contributed by atoms with van der Waals surface area (Å²) in [6.45, 7) is 0. The molecule has 1 N–H and O–H groups in total. The lowest BCUT2D eigenvalue weighted by atomic mass is 10.2. The Morgan fingerprint density at radius 2 is 1.17 bits per heavy atom. The summed E-state index contributed by atoms with van der Waals surface area (Å²) in [4.78, 5) is 8.36. The van der Waals surface area contributed by atoms with Gasteiger partial charge in [-0.25, -0.2) is 0 Å². The first kappa shape index (κ1) is 18.6. The van der Waals surface area contributed by atoms with E-state index in [1.54, 1.807) is 14.2 Å². The maximum atomic E-state index is 8.36. The van der Waals surface area contributed by atoms with Crippen LogP contribution in [0.15, 0.2) is 60.7 Å². The first-order valence-electron chi connectivity index (χ1n) is 6.72. The van der Waals surface area contributed by atoms with E-state index < -0.39 is 17.7 Å². The van der Waals surface area contributed by atoms with Crippen LogP contribution in [0.4, 0.5) is 0 Å². The van der Waals surface area contributed by atoms with Crippen molar-refractivity contribution < 1.29 is 24.5 Å². The molecule has 0 fully saturated rings. The third kappa shape index (κ3) is 6.88. The molecule has 0 aliphatic rings. The van der Waals surface area contributed by atoms with Gasteiger partial charge in [0.1, 0.15) is 0 Å². The fourth-order valence-electron chi connectivity index (χ4n) is 1.87. The zero-order valence-electron chi connectivity index (χ0n) is 12.9. The molecule has 0 aliphatic heterocycles. The SMILES string of the molecule is COC(OC(OC)c1ccccc1)c1ccccc1.O=[N+]([O-])O.